The predicted octanol–water partition coefficient (Wildman–Crippen LogP) is 7.10. The summed E-state index contributed by atoms with van der Waals surface area (Å²) in [6, 6.07) is 3.49. The zero-order chi connectivity index (χ0) is 28.7. The number of carbonyl (C=O) groups excluding carboxylic acids is 2. The van der Waals surface area contributed by atoms with Crippen LogP contribution in [-0.2, 0) is 11.0 Å². The molecule has 1 aromatic heterocycles. The normalized spacial score (nSPS) is 17.1. The minimum Gasteiger partial charge on any atom is -0.370 e. The van der Waals surface area contributed by atoms with E-state index in [1.165, 1.54) is 29.2 Å². The fraction of sp³-hybridized carbons (Fsp3) is 0.414. The molecule has 11 heteroatoms. The van der Waals surface area contributed by atoms with E-state index in [4.69, 9.17) is 0 Å². The van der Waals surface area contributed by atoms with Crippen LogP contribution in [-0.4, -0.2) is 53.6 Å². The lowest BCUT2D eigenvalue weighted by molar-refractivity contribution is -0.137. The van der Waals surface area contributed by atoms with Crippen molar-refractivity contribution in [2.75, 3.05) is 42.1 Å². The van der Waals surface area contributed by atoms with Gasteiger partial charge in [0.1, 0.15) is 5.69 Å². The largest absolute Gasteiger partial charge is 0.416 e. The first-order valence-electron chi connectivity index (χ1n) is 13.2. The molecule has 2 fully saturated rings. The summed E-state index contributed by atoms with van der Waals surface area (Å²) < 4.78 is 40.2. The lowest BCUT2D eigenvalue weighted by Gasteiger charge is -2.31. The number of hydrogen-bond donors (Lipinski definition) is 1. The maximum Gasteiger partial charge on any atom is 0.416 e. The molecule has 2 aliphatic heterocycles. The van der Waals surface area contributed by atoms with Crippen LogP contribution in [0.3, 0.4) is 0 Å². The minimum atomic E-state index is -4.51. The topological polar surface area (TPSA) is 65.5 Å². The highest BCUT2D eigenvalue weighted by molar-refractivity contribution is 8.03. The molecule has 0 spiro atoms. The molecule has 6 nitrogen and oxygen atoms in total. The molecule has 2 saturated heterocycles. The number of rotatable bonds is 9. The van der Waals surface area contributed by atoms with Crippen molar-refractivity contribution in [2.45, 2.75) is 44.7 Å². The highest BCUT2D eigenvalue weighted by atomic mass is 32.2. The van der Waals surface area contributed by atoms with Gasteiger partial charge in [0.05, 0.1) is 27.7 Å². The fourth-order valence-electron chi connectivity index (χ4n) is 4.77. The van der Waals surface area contributed by atoms with Gasteiger partial charge in [0.15, 0.2) is 0 Å². The van der Waals surface area contributed by atoms with E-state index in [-0.39, 0.29) is 23.2 Å². The fourth-order valence-corrected chi connectivity index (χ4v) is 6.45. The van der Waals surface area contributed by atoms with Gasteiger partial charge in [-0.3, -0.25) is 9.59 Å². The van der Waals surface area contributed by atoms with Crippen molar-refractivity contribution in [3.63, 3.8) is 0 Å². The van der Waals surface area contributed by atoms with Crippen LogP contribution >= 0.6 is 23.1 Å². The number of likely N-dealkylation sites (tertiary alicyclic amines) is 1. The number of nitrogens with one attached hydrogen (secondary N) is 1. The number of nitrogens with zero attached hydrogens (tertiary/aromatic N) is 3. The van der Waals surface area contributed by atoms with Gasteiger partial charge in [-0.25, -0.2) is 4.98 Å². The summed E-state index contributed by atoms with van der Waals surface area (Å²) in [4.78, 5) is 35.2. The van der Waals surface area contributed by atoms with E-state index in [9.17, 15) is 22.8 Å². The molecular formula is C29H33F3N4O2S2. The third kappa shape index (κ3) is 7.78. The maximum atomic E-state index is 13.4. The Labute approximate surface area is 241 Å². The average Bonchev–Trinajstić information content (AvgIpc) is 3.65. The van der Waals surface area contributed by atoms with Gasteiger partial charge in [0.2, 0.25) is 5.91 Å². The zero-order valence-electron chi connectivity index (χ0n) is 22.4. The molecule has 1 N–H and O–H groups in total. The third-order valence-corrected chi connectivity index (χ3v) is 8.96. The van der Waals surface area contributed by atoms with Crippen LogP contribution in [0.4, 0.5) is 24.5 Å². The number of hydrogen-bond acceptors (Lipinski definition) is 6. The number of alkyl halides is 3. The molecule has 0 unspecified atom stereocenters. The van der Waals surface area contributed by atoms with Crippen LogP contribution in [0.1, 0.15) is 59.6 Å². The highest BCUT2D eigenvalue weighted by Gasteiger charge is 2.32. The van der Waals surface area contributed by atoms with E-state index >= 15 is 0 Å². The molecule has 214 valence electrons. The monoisotopic (exact) mass is 590 g/mol. The molecule has 0 bridgehead atoms. The second-order valence-electron chi connectivity index (χ2n) is 9.79. The number of benzene rings is 1. The van der Waals surface area contributed by atoms with Crippen molar-refractivity contribution in [1.82, 2.24) is 9.88 Å². The molecule has 0 aliphatic carbocycles. The predicted molar refractivity (Wildman–Crippen MR) is 157 cm³/mol. The molecule has 40 heavy (non-hydrogen) atoms. The van der Waals surface area contributed by atoms with E-state index in [1.54, 1.807) is 11.5 Å². The number of anilines is 2. The van der Waals surface area contributed by atoms with Gasteiger partial charge < -0.3 is 15.1 Å². The molecule has 2 aliphatic rings. The van der Waals surface area contributed by atoms with Crippen molar-refractivity contribution < 1.29 is 22.8 Å². The Kier molecular flexibility index (Phi) is 10.1. The zero-order valence-corrected chi connectivity index (χ0v) is 24.0. The number of aromatic nitrogens is 1. The maximum absolute atomic E-state index is 13.4. The van der Waals surface area contributed by atoms with E-state index in [0.717, 1.165) is 60.8 Å². The van der Waals surface area contributed by atoms with Crippen molar-refractivity contribution in [1.29, 1.82) is 0 Å². The Balaban J connectivity index is 1.35. The summed E-state index contributed by atoms with van der Waals surface area (Å²) in [5.74, 6) is 0.0739. The van der Waals surface area contributed by atoms with Gasteiger partial charge in [0, 0.05) is 37.5 Å². The average molecular weight is 591 g/mol. The molecule has 4 rings (SSSR count). The summed E-state index contributed by atoms with van der Waals surface area (Å²) in [5.41, 5.74) is 0.110. The van der Waals surface area contributed by atoms with E-state index in [2.05, 4.69) is 16.9 Å². The SMILES string of the molecule is C=C/C=C\C=C(/C)SCC(=O)N1CCC(c2nc(C(=O)Nc3cc(C(F)(F)F)ccc3N3CCCC3)cs2)CC1. The van der Waals surface area contributed by atoms with Gasteiger partial charge in [-0.15, -0.1) is 23.1 Å². The second kappa shape index (κ2) is 13.5. The molecule has 0 atom stereocenters. The molecule has 0 saturated carbocycles. The van der Waals surface area contributed by atoms with Gasteiger partial charge in [-0.1, -0.05) is 30.9 Å². The summed E-state index contributed by atoms with van der Waals surface area (Å²) in [6.45, 7) is 8.30. The molecule has 0 radical (unpaired) electrons. The van der Waals surface area contributed by atoms with Crippen molar-refractivity contribution >= 4 is 46.3 Å². The highest BCUT2D eigenvalue weighted by Crippen LogP contribution is 2.37. The van der Waals surface area contributed by atoms with Gasteiger partial charge >= 0.3 is 6.18 Å². The lowest BCUT2D eigenvalue weighted by Crippen LogP contribution is -2.38. The Morgan fingerprint density at radius 2 is 1.90 bits per heavy atom. The van der Waals surface area contributed by atoms with E-state index in [1.807, 2.05) is 35.0 Å². The number of amides is 2. The summed E-state index contributed by atoms with van der Waals surface area (Å²) in [6.07, 6.45) is 6.26. The smallest absolute Gasteiger partial charge is 0.370 e. The van der Waals surface area contributed by atoms with E-state index < -0.39 is 17.6 Å². The number of allylic oxidation sites excluding steroid dienone is 5. The van der Waals surface area contributed by atoms with Crippen molar-refractivity contribution in [3.8, 4) is 0 Å². The Bertz CT molecular complexity index is 1270. The number of thioether (sulfide) groups is 1. The number of thiazole rings is 1. The van der Waals surface area contributed by atoms with Gasteiger partial charge in [-0.2, -0.15) is 13.2 Å². The van der Waals surface area contributed by atoms with Crippen molar-refractivity contribution in [3.05, 3.63) is 75.6 Å². The minimum absolute atomic E-state index is 0.0954. The first-order chi connectivity index (χ1) is 19.2. The van der Waals surface area contributed by atoms with Crippen molar-refractivity contribution in [2.24, 2.45) is 0 Å². The van der Waals surface area contributed by atoms with Crippen LogP contribution in [0.2, 0.25) is 0 Å². The Hall–Kier alpha value is -3.05. The number of carbonyl (C=O) groups is 2. The molecular weight excluding hydrogens is 557 g/mol. The molecule has 1 aromatic carbocycles. The molecule has 2 amide bonds. The van der Waals surface area contributed by atoms with Crippen LogP contribution in [0.25, 0.3) is 0 Å². The van der Waals surface area contributed by atoms with Gasteiger partial charge in [0.25, 0.3) is 5.91 Å². The number of piperidine rings is 1. The van der Waals surface area contributed by atoms with Crippen LogP contribution in [0.5, 0.6) is 0 Å². The summed E-state index contributed by atoms with van der Waals surface area (Å²) >= 11 is 2.88. The van der Waals surface area contributed by atoms with Crippen LogP contribution in [0.15, 0.2) is 59.4 Å². The Morgan fingerprint density at radius 3 is 2.58 bits per heavy atom. The van der Waals surface area contributed by atoms with Gasteiger partial charge in [-0.05, 0) is 55.7 Å². The molecule has 3 heterocycles. The van der Waals surface area contributed by atoms with E-state index in [0.29, 0.717) is 24.5 Å². The lowest BCUT2D eigenvalue weighted by atomic mass is 9.97. The third-order valence-electron chi connectivity index (χ3n) is 6.97. The summed E-state index contributed by atoms with van der Waals surface area (Å²) in [5, 5.41) is 5.15. The first-order valence-corrected chi connectivity index (χ1v) is 15.1. The second-order valence-corrected chi connectivity index (χ2v) is 11.9. The summed E-state index contributed by atoms with van der Waals surface area (Å²) in [7, 11) is 0. The Morgan fingerprint density at radius 1 is 1.18 bits per heavy atom. The molecule has 2 aromatic rings. The van der Waals surface area contributed by atoms with Crippen LogP contribution < -0.4 is 10.2 Å². The quantitative estimate of drug-likeness (QED) is 0.316. The standard InChI is InChI=1S/C29H33F3N4O2S2/c1-3-4-5-8-20(2)39-19-26(37)36-15-11-21(12-16-36)28-34-24(18-40-28)27(38)33-23-17-22(29(30,31)32)9-10-25(23)35-13-6-7-14-35/h3-5,8-10,17-18,21H,1,6-7,11-16,19H2,2H3,(H,33,38)/b5-4-,20-8+. The number of halogens is 3. The van der Waals surface area contributed by atoms with Crippen LogP contribution in [0, 0.1) is 0 Å². The first kappa shape index (κ1) is 29.9.